The highest BCUT2D eigenvalue weighted by Crippen LogP contribution is 2.21. The van der Waals surface area contributed by atoms with Crippen molar-refractivity contribution in [3.8, 4) is 5.75 Å². The molecule has 1 aromatic rings. The van der Waals surface area contributed by atoms with Gasteiger partial charge in [0, 0.05) is 12.5 Å². The van der Waals surface area contributed by atoms with E-state index in [1.807, 2.05) is 19.1 Å². The van der Waals surface area contributed by atoms with Crippen molar-refractivity contribution >= 4 is 17.6 Å². The maximum absolute atomic E-state index is 10.7. The van der Waals surface area contributed by atoms with Crippen LogP contribution in [-0.4, -0.2) is 5.97 Å². The van der Waals surface area contributed by atoms with Crippen LogP contribution in [0.15, 0.2) is 18.2 Å². The highest BCUT2D eigenvalue weighted by molar-refractivity contribution is 6.17. The zero-order valence-corrected chi connectivity index (χ0v) is 8.39. The smallest absolute Gasteiger partial charge is 0.308 e. The summed E-state index contributed by atoms with van der Waals surface area (Å²) < 4.78 is 4.97. The minimum absolute atomic E-state index is 0.324. The number of ether oxygens (including phenoxy) is 1. The second-order valence-electron chi connectivity index (χ2n) is 2.84. The Kier molecular flexibility index (Phi) is 3.32. The van der Waals surface area contributed by atoms with E-state index in [1.54, 1.807) is 6.07 Å². The van der Waals surface area contributed by atoms with Crippen molar-refractivity contribution in [2.24, 2.45) is 0 Å². The van der Waals surface area contributed by atoms with Crippen LogP contribution in [0.5, 0.6) is 5.75 Å². The highest BCUT2D eigenvalue weighted by atomic mass is 35.5. The molecule has 0 bridgehead atoms. The predicted molar refractivity (Wildman–Crippen MR) is 52.0 cm³/mol. The van der Waals surface area contributed by atoms with E-state index in [-0.39, 0.29) is 5.97 Å². The lowest BCUT2D eigenvalue weighted by atomic mass is 10.1. The summed E-state index contributed by atoms with van der Waals surface area (Å²) >= 11 is 5.70. The van der Waals surface area contributed by atoms with E-state index in [4.69, 9.17) is 16.3 Å². The van der Waals surface area contributed by atoms with Gasteiger partial charge >= 0.3 is 5.97 Å². The molecule has 0 atom stereocenters. The number of halogens is 1. The first-order valence-corrected chi connectivity index (χ1v) is 4.51. The first-order chi connectivity index (χ1) is 6.13. The van der Waals surface area contributed by atoms with Gasteiger partial charge in [-0.25, -0.2) is 0 Å². The average Bonchev–Trinajstić information content (AvgIpc) is 2.07. The number of carbonyl (C=O) groups is 1. The molecule has 70 valence electrons. The molecule has 1 aromatic carbocycles. The molecule has 0 aliphatic heterocycles. The Hall–Kier alpha value is -1.02. The number of rotatable bonds is 2. The fourth-order valence-electron chi connectivity index (χ4n) is 1.07. The van der Waals surface area contributed by atoms with Gasteiger partial charge in [-0.05, 0) is 13.0 Å². The maximum Gasteiger partial charge on any atom is 0.308 e. The van der Waals surface area contributed by atoms with Crippen molar-refractivity contribution < 1.29 is 9.53 Å². The van der Waals surface area contributed by atoms with Crippen LogP contribution < -0.4 is 4.74 Å². The third-order valence-corrected chi connectivity index (χ3v) is 1.90. The van der Waals surface area contributed by atoms with Gasteiger partial charge in [-0.3, -0.25) is 4.79 Å². The van der Waals surface area contributed by atoms with Crippen molar-refractivity contribution in [3.63, 3.8) is 0 Å². The number of esters is 1. The standard InChI is InChI=1S/C10H11ClO2/c1-7-3-4-10(13-8(2)12)9(5-7)6-11/h3-5H,6H2,1-2H3. The van der Waals surface area contributed by atoms with Crippen molar-refractivity contribution in [1.29, 1.82) is 0 Å². The van der Waals surface area contributed by atoms with Crippen molar-refractivity contribution in [3.05, 3.63) is 29.3 Å². The molecule has 3 heteroatoms. The molecular formula is C10H11ClO2. The largest absolute Gasteiger partial charge is 0.426 e. The summed E-state index contributed by atoms with van der Waals surface area (Å²) in [7, 11) is 0. The van der Waals surface area contributed by atoms with E-state index in [1.165, 1.54) is 6.92 Å². The molecule has 0 aliphatic rings. The van der Waals surface area contributed by atoms with Gasteiger partial charge in [0.25, 0.3) is 0 Å². The van der Waals surface area contributed by atoms with Crippen molar-refractivity contribution in [2.75, 3.05) is 0 Å². The van der Waals surface area contributed by atoms with Crippen LogP contribution in [0.25, 0.3) is 0 Å². The third kappa shape index (κ3) is 2.74. The molecule has 0 heterocycles. The van der Waals surface area contributed by atoms with Crippen molar-refractivity contribution in [2.45, 2.75) is 19.7 Å². The summed E-state index contributed by atoms with van der Waals surface area (Å²) in [6.45, 7) is 3.34. The number of hydrogen-bond acceptors (Lipinski definition) is 2. The summed E-state index contributed by atoms with van der Waals surface area (Å²) in [5.74, 6) is 0.577. The quantitative estimate of drug-likeness (QED) is 0.415. The third-order valence-electron chi connectivity index (χ3n) is 1.61. The molecule has 0 fully saturated rings. The average molecular weight is 199 g/mol. The van der Waals surface area contributed by atoms with Gasteiger partial charge < -0.3 is 4.74 Å². The van der Waals surface area contributed by atoms with Crippen LogP contribution in [0.2, 0.25) is 0 Å². The van der Waals surface area contributed by atoms with E-state index in [9.17, 15) is 4.79 Å². The molecule has 0 saturated carbocycles. The Labute approximate surface area is 82.5 Å². The lowest BCUT2D eigenvalue weighted by molar-refractivity contribution is -0.131. The number of benzene rings is 1. The summed E-state index contributed by atoms with van der Waals surface area (Å²) in [6.07, 6.45) is 0. The Morgan fingerprint density at radius 3 is 2.77 bits per heavy atom. The molecular weight excluding hydrogens is 188 g/mol. The van der Waals surface area contributed by atoms with E-state index < -0.39 is 0 Å². The van der Waals surface area contributed by atoms with Gasteiger partial charge in [-0.15, -0.1) is 11.6 Å². The lowest BCUT2D eigenvalue weighted by Crippen LogP contribution is -2.03. The zero-order chi connectivity index (χ0) is 9.84. The van der Waals surface area contributed by atoms with Gasteiger partial charge in [0.05, 0.1) is 5.88 Å². The number of alkyl halides is 1. The Morgan fingerprint density at radius 2 is 2.23 bits per heavy atom. The SMILES string of the molecule is CC(=O)Oc1ccc(C)cc1CCl. The molecule has 13 heavy (non-hydrogen) atoms. The second-order valence-corrected chi connectivity index (χ2v) is 3.11. The molecule has 0 aromatic heterocycles. The van der Waals surface area contributed by atoms with E-state index in [0.29, 0.717) is 11.6 Å². The molecule has 0 amide bonds. The second kappa shape index (κ2) is 4.28. The van der Waals surface area contributed by atoms with Crippen LogP contribution in [-0.2, 0) is 10.7 Å². The molecule has 0 radical (unpaired) electrons. The number of carbonyl (C=O) groups excluding carboxylic acids is 1. The summed E-state index contributed by atoms with van der Waals surface area (Å²) in [5, 5.41) is 0. The van der Waals surface area contributed by atoms with Crippen LogP contribution in [0.1, 0.15) is 18.1 Å². The summed E-state index contributed by atoms with van der Waals surface area (Å²) in [6, 6.07) is 5.55. The Morgan fingerprint density at radius 1 is 1.54 bits per heavy atom. The molecule has 0 aliphatic carbocycles. The molecule has 0 saturated heterocycles. The summed E-state index contributed by atoms with van der Waals surface area (Å²) in [5.41, 5.74) is 1.95. The van der Waals surface area contributed by atoms with Crippen LogP contribution >= 0.6 is 11.6 Å². The fraction of sp³-hybridized carbons (Fsp3) is 0.300. The molecule has 0 N–H and O–H groups in total. The Bertz CT molecular complexity index is 321. The normalized spacial score (nSPS) is 9.77. The summed E-state index contributed by atoms with van der Waals surface area (Å²) in [4.78, 5) is 10.7. The molecule has 0 spiro atoms. The van der Waals surface area contributed by atoms with Crippen LogP contribution in [0.4, 0.5) is 0 Å². The van der Waals surface area contributed by atoms with Gasteiger partial charge in [0.1, 0.15) is 5.75 Å². The highest BCUT2D eigenvalue weighted by Gasteiger charge is 2.04. The van der Waals surface area contributed by atoms with E-state index in [0.717, 1.165) is 11.1 Å². The van der Waals surface area contributed by atoms with Gasteiger partial charge in [0.2, 0.25) is 0 Å². The lowest BCUT2D eigenvalue weighted by Gasteiger charge is -2.06. The van der Waals surface area contributed by atoms with E-state index >= 15 is 0 Å². The number of hydrogen-bond donors (Lipinski definition) is 0. The topological polar surface area (TPSA) is 26.3 Å². The monoisotopic (exact) mass is 198 g/mol. The first-order valence-electron chi connectivity index (χ1n) is 3.97. The van der Waals surface area contributed by atoms with Gasteiger partial charge in [-0.1, -0.05) is 17.7 Å². The molecule has 0 unspecified atom stereocenters. The zero-order valence-electron chi connectivity index (χ0n) is 7.63. The number of aryl methyl sites for hydroxylation is 1. The van der Waals surface area contributed by atoms with Gasteiger partial charge in [0.15, 0.2) is 0 Å². The molecule has 1 rings (SSSR count). The first kappa shape index (κ1) is 10.1. The Balaban J connectivity index is 2.99. The maximum atomic E-state index is 10.7. The minimum atomic E-state index is -0.324. The van der Waals surface area contributed by atoms with Crippen LogP contribution in [0.3, 0.4) is 0 Å². The van der Waals surface area contributed by atoms with E-state index in [2.05, 4.69) is 0 Å². The molecule has 2 nitrogen and oxygen atoms in total. The predicted octanol–water partition coefficient (Wildman–Crippen LogP) is 2.66. The minimum Gasteiger partial charge on any atom is -0.426 e. The van der Waals surface area contributed by atoms with Crippen LogP contribution in [0, 0.1) is 6.92 Å². The van der Waals surface area contributed by atoms with Crippen molar-refractivity contribution in [1.82, 2.24) is 0 Å². The fourth-order valence-corrected chi connectivity index (χ4v) is 1.28. The van der Waals surface area contributed by atoms with Gasteiger partial charge in [-0.2, -0.15) is 0 Å².